The van der Waals surface area contributed by atoms with Crippen molar-refractivity contribution in [1.82, 2.24) is 0 Å². The number of primary amides is 1. The first-order valence-corrected chi connectivity index (χ1v) is 6.40. The lowest BCUT2D eigenvalue weighted by molar-refractivity contribution is -0.133. The number of hydrogen-bond acceptors (Lipinski definition) is 3. The summed E-state index contributed by atoms with van der Waals surface area (Å²) in [5.41, 5.74) is 4.26. The Kier molecular flexibility index (Phi) is 3.87. The van der Waals surface area contributed by atoms with E-state index in [1.807, 2.05) is 0 Å². The van der Waals surface area contributed by atoms with Crippen LogP contribution in [-0.2, 0) is 10.4 Å². The van der Waals surface area contributed by atoms with Crippen molar-refractivity contribution >= 4 is 29.1 Å². The third-order valence-electron chi connectivity index (χ3n) is 3.34. The summed E-state index contributed by atoms with van der Waals surface area (Å²) in [4.78, 5) is 11.7. The fraction of sp³-hybridized carbons (Fsp3) is 0.308. The van der Waals surface area contributed by atoms with Crippen LogP contribution in [0.3, 0.4) is 0 Å². The second-order valence-electron chi connectivity index (χ2n) is 4.31. The summed E-state index contributed by atoms with van der Waals surface area (Å²) in [5, 5.41) is 19.8. The Balaban J connectivity index is 2.74. The maximum atomic E-state index is 11.7. The molecular weight excluding hydrogens is 289 g/mol. The Bertz CT molecular complexity index is 555. The van der Waals surface area contributed by atoms with Crippen molar-refractivity contribution in [3.05, 3.63) is 45.5 Å². The molecule has 2 atom stereocenters. The largest absolute Gasteiger partial charge is 0.396 e. The first-order chi connectivity index (χ1) is 8.94. The summed E-state index contributed by atoms with van der Waals surface area (Å²) in [5.74, 6) is -1.44. The molecule has 4 nitrogen and oxygen atoms in total. The molecule has 4 N–H and O–H groups in total. The van der Waals surface area contributed by atoms with Gasteiger partial charge in [-0.25, -0.2) is 0 Å². The summed E-state index contributed by atoms with van der Waals surface area (Å²) < 4.78 is -0.218. The third-order valence-corrected chi connectivity index (χ3v) is 3.75. The number of hydrogen-bond donors (Lipinski definition) is 3. The number of amides is 1. The zero-order chi connectivity index (χ0) is 14.2. The molecule has 2 unspecified atom stereocenters. The molecule has 0 saturated carbocycles. The van der Waals surface area contributed by atoms with Crippen molar-refractivity contribution in [3.8, 4) is 0 Å². The third kappa shape index (κ3) is 2.05. The fourth-order valence-electron chi connectivity index (χ4n) is 2.55. The van der Waals surface area contributed by atoms with Crippen LogP contribution in [0.25, 0.3) is 0 Å². The lowest BCUT2D eigenvalue weighted by Gasteiger charge is -2.24. The number of carbonyl (C=O) groups excluding carboxylic acids is 1. The number of benzene rings is 1. The van der Waals surface area contributed by atoms with Crippen molar-refractivity contribution in [2.24, 2.45) is 5.73 Å². The minimum atomic E-state index is -2.05. The molecule has 0 bridgehead atoms. The average Bonchev–Trinajstić information content (AvgIpc) is 2.62. The van der Waals surface area contributed by atoms with Gasteiger partial charge in [0.1, 0.15) is 4.49 Å². The van der Waals surface area contributed by atoms with Crippen LogP contribution in [0.2, 0.25) is 0 Å². The highest BCUT2D eigenvalue weighted by molar-refractivity contribution is 6.56. The topological polar surface area (TPSA) is 83.6 Å². The number of carbonyl (C=O) groups is 1. The normalized spacial score (nSPS) is 25.3. The van der Waals surface area contributed by atoms with E-state index >= 15 is 0 Å². The van der Waals surface area contributed by atoms with E-state index < -0.39 is 17.4 Å². The molecule has 1 aliphatic carbocycles. The van der Waals surface area contributed by atoms with Gasteiger partial charge in [-0.2, -0.15) is 0 Å². The van der Waals surface area contributed by atoms with Crippen LogP contribution in [0.5, 0.6) is 0 Å². The predicted octanol–water partition coefficient (Wildman–Crippen LogP) is 1.33. The highest BCUT2D eigenvalue weighted by Crippen LogP contribution is 2.52. The maximum absolute atomic E-state index is 11.7. The molecule has 0 heterocycles. The van der Waals surface area contributed by atoms with E-state index in [4.69, 9.17) is 34.0 Å². The van der Waals surface area contributed by atoms with Crippen molar-refractivity contribution in [1.29, 1.82) is 0 Å². The summed E-state index contributed by atoms with van der Waals surface area (Å²) in [7, 11) is 0. The van der Waals surface area contributed by atoms with Crippen LogP contribution in [0.4, 0.5) is 0 Å². The molecule has 2 rings (SSSR count). The fourth-order valence-corrected chi connectivity index (χ4v) is 3.08. The first-order valence-electron chi connectivity index (χ1n) is 5.64. The van der Waals surface area contributed by atoms with Gasteiger partial charge < -0.3 is 15.9 Å². The summed E-state index contributed by atoms with van der Waals surface area (Å²) >= 11 is 11.6. The van der Waals surface area contributed by atoms with Gasteiger partial charge in [0.25, 0.3) is 5.91 Å². The molecule has 0 spiro atoms. The number of nitrogens with two attached hydrogens (primary N) is 1. The Morgan fingerprint density at radius 1 is 1.53 bits per heavy atom. The molecule has 19 heavy (non-hydrogen) atoms. The van der Waals surface area contributed by atoms with Crippen LogP contribution < -0.4 is 5.73 Å². The van der Waals surface area contributed by atoms with Gasteiger partial charge in [-0.15, -0.1) is 0 Å². The smallest absolute Gasteiger partial charge is 0.258 e. The van der Waals surface area contributed by atoms with Crippen molar-refractivity contribution in [2.75, 3.05) is 6.61 Å². The van der Waals surface area contributed by atoms with Crippen LogP contribution >= 0.6 is 23.2 Å². The van der Waals surface area contributed by atoms with Crippen molar-refractivity contribution in [3.63, 3.8) is 0 Å². The van der Waals surface area contributed by atoms with Crippen LogP contribution in [0.15, 0.2) is 28.3 Å². The van der Waals surface area contributed by atoms with E-state index in [2.05, 4.69) is 6.07 Å². The molecule has 1 aromatic carbocycles. The predicted molar refractivity (Wildman–Crippen MR) is 71.5 cm³/mol. The summed E-state index contributed by atoms with van der Waals surface area (Å²) in [6.07, 6.45) is 0.265. The van der Waals surface area contributed by atoms with Crippen molar-refractivity contribution in [2.45, 2.75) is 17.9 Å². The second-order valence-corrected chi connectivity index (χ2v) is 5.26. The Morgan fingerprint density at radius 2 is 2.21 bits per heavy atom. The molecule has 0 fully saturated rings. The highest BCUT2D eigenvalue weighted by Gasteiger charge is 2.52. The van der Waals surface area contributed by atoms with Crippen molar-refractivity contribution < 1.29 is 15.0 Å². The van der Waals surface area contributed by atoms with E-state index in [1.165, 1.54) is 0 Å². The van der Waals surface area contributed by atoms with Gasteiger partial charge in [0.15, 0.2) is 5.60 Å². The van der Waals surface area contributed by atoms with Gasteiger partial charge in [-0.1, -0.05) is 41.4 Å². The van der Waals surface area contributed by atoms with Gasteiger partial charge in [0, 0.05) is 23.7 Å². The van der Waals surface area contributed by atoms with E-state index in [9.17, 15) is 9.90 Å². The number of fused-ring (bicyclic) bond motifs is 1. The van der Waals surface area contributed by atoms with Gasteiger partial charge >= 0.3 is 0 Å². The van der Waals surface area contributed by atoms with Gasteiger partial charge in [0.2, 0.25) is 0 Å². The van der Waals surface area contributed by atoms with E-state index in [0.717, 1.165) is 0 Å². The second kappa shape index (κ2) is 5.13. The number of rotatable bonds is 3. The number of aliphatic hydroxyl groups excluding tert-OH is 1. The lowest BCUT2D eigenvalue weighted by atomic mass is 9.89. The molecular formula is C13H12Cl2NO3. The quantitative estimate of drug-likeness (QED) is 0.787. The summed E-state index contributed by atoms with van der Waals surface area (Å²) in [6, 6.07) is 7.80. The average molecular weight is 301 g/mol. The minimum absolute atomic E-state index is 0.106. The van der Waals surface area contributed by atoms with Gasteiger partial charge in [-0.05, 0) is 18.1 Å². The standard InChI is InChI=1S/C13H12Cl2NO3/c14-11(15)10-8(5-6-17)7-3-1-2-4-9(7)13(10,19)12(16)18/h1-2,4,8,17,19H,5-6H2,(H2,16,18). The Hall–Kier alpha value is -1.07. The molecule has 0 aromatic heterocycles. The van der Waals surface area contributed by atoms with E-state index in [0.29, 0.717) is 11.1 Å². The SMILES string of the molecule is NC(=O)C1(O)C(=C(Cl)Cl)C(CCO)c2[c]cccc21. The molecule has 1 aromatic rings. The first kappa shape index (κ1) is 14.3. The number of halogens is 2. The van der Waals surface area contributed by atoms with Crippen LogP contribution in [-0.4, -0.2) is 22.7 Å². The molecule has 1 radical (unpaired) electrons. The number of aliphatic hydroxyl groups is 2. The van der Waals surface area contributed by atoms with E-state index in [1.54, 1.807) is 18.2 Å². The molecule has 0 saturated heterocycles. The Morgan fingerprint density at radius 3 is 2.74 bits per heavy atom. The molecule has 101 valence electrons. The lowest BCUT2D eigenvalue weighted by Crippen LogP contribution is -2.41. The Labute approximate surface area is 120 Å². The zero-order valence-corrected chi connectivity index (χ0v) is 11.4. The molecule has 1 aliphatic rings. The van der Waals surface area contributed by atoms with Crippen LogP contribution in [0, 0.1) is 6.07 Å². The maximum Gasteiger partial charge on any atom is 0.258 e. The minimum Gasteiger partial charge on any atom is -0.396 e. The summed E-state index contributed by atoms with van der Waals surface area (Å²) in [6.45, 7) is -0.147. The van der Waals surface area contributed by atoms with Gasteiger partial charge in [-0.3, -0.25) is 4.79 Å². The zero-order valence-electron chi connectivity index (χ0n) is 9.86. The molecule has 0 aliphatic heterocycles. The molecule has 1 amide bonds. The highest BCUT2D eigenvalue weighted by atomic mass is 35.5. The van der Waals surface area contributed by atoms with E-state index in [-0.39, 0.29) is 23.1 Å². The molecule has 6 heteroatoms. The van der Waals surface area contributed by atoms with Crippen LogP contribution in [0.1, 0.15) is 23.5 Å². The monoisotopic (exact) mass is 300 g/mol. The van der Waals surface area contributed by atoms with Gasteiger partial charge in [0.05, 0.1) is 0 Å².